The summed E-state index contributed by atoms with van der Waals surface area (Å²) >= 11 is 0. The number of hydrogen-bond donors (Lipinski definition) is 0. The molecule has 15 nitrogen and oxygen atoms in total. The third-order valence-corrected chi connectivity index (χ3v) is 7.18. The number of esters is 5. The Morgan fingerprint density at radius 2 is 1.11 bits per heavy atom. The highest BCUT2D eigenvalue weighted by molar-refractivity contribution is 6.18. The van der Waals surface area contributed by atoms with Crippen molar-refractivity contribution in [2.45, 2.75) is 60.2 Å². The number of carbonyl (C=O) groups excluding carboxylic acids is 9. The summed E-state index contributed by atoms with van der Waals surface area (Å²) in [7, 11) is 0. The molecule has 0 saturated heterocycles. The Morgan fingerprint density at radius 3 is 1.53 bits per heavy atom. The maximum atomic E-state index is 11.4. The Kier molecular flexibility index (Phi) is 24.5. The lowest BCUT2D eigenvalue weighted by Gasteiger charge is -2.23. The SMILES string of the molecule is C=C(C(=O)OCC)C(=O)C1CCC1.C=C(C(C)=O)C(=O)OCc1ccccc1.C=C(C(C)=O)C(=O)OCc1ccco1.C=CC(=O)OCCOC(=O)C(=C)C(C)=O. The van der Waals surface area contributed by atoms with Crippen molar-refractivity contribution in [3.8, 4) is 0 Å². The number of carbonyl (C=O) groups is 9. The fraction of sp³-hybridized carbons (Fsp3) is 0.310. The van der Waals surface area contributed by atoms with Gasteiger partial charge in [-0.3, -0.25) is 19.2 Å². The molecule has 1 heterocycles. The van der Waals surface area contributed by atoms with Crippen LogP contribution in [0.4, 0.5) is 0 Å². The maximum Gasteiger partial charge on any atom is 0.341 e. The molecule has 0 bridgehead atoms. The van der Waals surface area contributed by atoms with Gasteiger partial charge in [0.2, 0.25) is 0 Å². The van der Waals surface area contributed by atoms with Crippen molar-refractivity contribution in [3.05, 3.63) is 121 Å². The van der Waals surface area contributed by atoms with Crippen LogP contribution in [0.5, 0.6) is 0 Å². The third-order valence-electron chi connectivity index (χ3n) is 7.18. The minimum Gasteiger partial charge on any atom is -0.466 e. The molecular weight excluding hydrogens is 744 g/mol. The molecule has 0 aliphatic heterocycles. The van der Waals surface area contributed by atoms with Gasteiger partial charge in [-0.25, -0.2) is 24.0 Å². The van der Waals surface area contributed by atoms with E-state index < -0.39 is 41.4 Å². The molecule has 3 rings (SSSR count). The second-order valence-corrected chi connectivity index (χ2v) is 11.5. The second kappa shape index (κ2) is 27.8. The molecule has 0 radical (unpaired) electrons. The molecule has 2 aromatic rings. The van der Waals surface area contributed by atoms with Crippen LogP contribution >= 0.6 is 0 Å². The minimum atomic E-state index is -0.808. The summed E-state index contributed by atoms with van der Waals surface area (Å²) in [4.78, 5) is 98.6. The number of hydrogen-bond acceptors (Lipinski definition) is 15. The van der Waals surface area contributed by atoms with Crippen molar-refractivity contribution in [2.75, 3.05) is 19.8 Å². The summed E-state index contributed by atoms with van der Waals surface area (Å²) in [6.45, 7) is 22.2. The van der Waals surface area contributed by atoms with Crippen LogP contribution in [0.3, 0.4) is 0 Å². The minimum absolute atomic E-state index is 0.00606. The quantitative estimate of drug-likeness (QED) is 0.0473. The monoisotopic (exact) mass is 792 g/mol. The first kappa shape index (κ1) is 50.2. The summed E-state index contributed by atoms with van der Waals surface area (Å²) in [5.41, 5.74) is 0.376. The van der Waals surface area contributed by atoms with Gasteiger partial charge in [-0.15, -0.1) is 0 Å². The molecular formula is C42H48O15. The first-order valence-corrected chi connectivity index (χ1v) is 17.2. The number of furan rings is 1. The average molecular weight is 793 g/mol. The molecule has 1 aromatic heterocycles. The van der Waals surface area contributed by atoms with E-state index in [0.717, 1.165) is 30.9 Å². The second-order valence-electron chi connectivity index (χ2n) is 11.5. The van der Waals surface area contributed by atoms with Crippen LogP contribution in [0.2, 0.25) is 0 Å². The molecule has 1 aromatic carbocycles. The van der Waals surface area contributed by atoms with Gasteiger partial charge < -0.3 is 28.1 Å². The van der Waals surface area contributed by atoms with Crippen molar-refractivity contribution in [3.63, 3.8) is 0 Å². The highest BCUT2D eigenvalue weighted by Crippen LogP contribution is 2.29. The van der Waals surface area contributed by atoms with Crippen LogP contribution in [-0.2, 0) is 80.0 Å². The molecule has 57 heavy (non-hydrogen) atoms. The number of benzene rings is 1. The third kappa shape index (κ3) is 21.0. The topological polar surface area (TPSA) is 213 Å². The van der Waals surface area contributed by atoms with Gasteiger partial charge in [0.25, 0.3) is 0 Å². The number of ether oxygens (including phenoxy) is 5. The van der Waals surface area contributed by atoms with Crippen LogP contribution < -0.4 is 0 Å². The highest BCUT2D eigenvalue weighted by atomic mass is 16.6. The van der Waals surface area contributed by atoms with Gasteiger partial charge in [0.1, 0.15) is 32.2 Å². The molecule has 0 atom stereocenters. The predicted octanol–water partition coefficient (Wildman–Crippen LogP) is 5.22. The lowest BCUT2D eigenvalue weighted by Crippen LogP contribution is -2.27. The lowest BCUT2D eigenvalue weighted by atomic mass is 9.80. The van der Waals surface area contributed by atoms with Gasteiger partial charge in [-0.1, -0.05) is 69.6 Å². The van der Waals surface area contributed by atoms with E-state index in [2.05, 4.69) is 47.1 Å². The van der Waals surface area contributed by atoms with Gasteiger partial charge in [0, 0.05) is 12.0 Å². The summed E-state index contributed by atoms with van der Waals surface area (Å²) in [5.74, 6) is -4.16. The fourth-order valence-electron chi connectivity index (χ4n) is 3.52. The van der Waals surface area contributed by atoms with Crippen molar-refractivity contribution in [2.24, 2.45) is 5.92 Å². The van der Waals surface area contributed by atoms with E-state index in [0.29, 0.717) is 5.76 Å². The molecule has 0 unspecified atom stereocenters. The van der Waals surface area contributed by atoms with E-state index in [1.54, 1.807) is 19.1 Å². The number of Topliss-reactive ketones (excluding diaryl/α,β-unsaturated/α-hetero) is 4. The van der Waals surface area contributed by atoms with Crippen molar-refractivity contribution in [1.82, 2.24) is 0 Å². The van der Waals surface area contributed by atoms with Crippen LogP contribution in [0.25, 0.3) is 0 Å². The first-order valence-electron chi connectivity index (χ1n) is 17.2. The van der Waals surface area contributed by atoms with Crippen molar-refractivity contribution in [1.29, 1.82) is 0 Å². The maximum absolute atomic E-state index is 11.4. The zero-order valence-corrected chi connectivity index (χ0v) is 32.6. The van der Waals surface area contributed by atoms with E-state index in [4.69, 9.17) is 13.9 Å². The molecule has 0 amide bonds. The average Bonchev–Trinajstić information content (AvgIpc) is 3.70. The number of ketones is 4. The highest BCUT2D eigenvalue weighted by Gasteiger charge is 2.30. The molecule has 1 saturated carbocycles. The molecule has 1 aliphatic rings. The summed E-state index contributed by atoms with van der Waals surface area (Å²) in [6.07, 6.45) is 5.32. The summed E-state index contributed by atoms with van der Waals surface area (Å²) in [5, 5.41) is 0. The smallest absolute Gasteiger partial charge is 0.341 e. The zero-order valence-electron chi connectivity index (χ0n) is 32.6. The van der Waals surface area contributed by atoms with Crippen LogP contribution in [0.15, 0.2) is 114 Å². The van der Waals surface area contributed by atoms with Crippen molar-refractivity contribution >= 4 is 53.0 Å². The predicted molar refractivity (Wildman–Crippen MR) is 204 cm³/mol. The normalized spacial score (nSPS) is 10.8. The first-order chi connectivity index (χ1) is 26.9. The Bertz CT molecular complexity index is 1790. The van der Waals surface area contributed by atoms with E-state index in [1.165, 1.54) is 27.0 Å². The Morgan fingerprint density at radius 1 is 0.632 bits per heavy atom. The Hall–Kier alpha value is -6.77. The summed E-state index contributed by atoms with van der Waals surface area (Å²) in [6, 6.07) is 12.6. The Labute approximate surface area is 331 Å². The van der Waals surface area contributed by atoms with Crippen LogP contribution in [-0.4, -0.2) is 72.8 Å². The van der Waals surface area contributed by atoms with E-state index in [-0.39, 0.29) is 72.8 Å². The van der Waals surface area contributed by atoms with Gasteiger partial charge in [0.15, 0.2) is 23.1 Å². The molecule has 306 valence electrons. The lowest BCUT2D eigenvalue weighted by molar-refractivity contribution is -0.147. The molecule has 1 fully saturated rings. The van der Waals surface area contributed by atoms with E-state index in [1.807, 2.05) is 30.3 Å². The molecule has 0 N–H and O–H groups in total. The van der Waals surface area contributed by atoms with E-state index in [9.17, 15) is 43.2 Å². The van der Waals surface area contributed by atoms with E-state index >= 15 is 0 Å². The van der Waals surface area contributed by atoms with Crippen LogP contribution in [0.1, 0.15) is 58.3 Å². The van der Waals surface area contributed by atoms with Gasteiger partial charge in [-0.2, -0.15) is 0 Å². The largest absolute Gasteiger partial charge is 0.466 e. The van der Waals surface area contributed by atoms with Gasteiger partial charge in [-0.05, 0) is 58.2 Å². The van der Waals surface area contributed by atoms with Crippen LogP contribution in [0, 0.1) is 5.92 Å². The van der Waals surface area contributed by atoms with Gasteiger partial charge in [0.05, 0.1) is 35.2 Å². The molecule has 1 aliphatic carbocycles. The molecule has 0 spiro atoms. The number of rotatable bonds is 18. The van der Waals surface area contributed by atoms with Crippen molar-refractivity contribution < 1.29 is 71.3 Å². The molecule has 15 heteroatoms. The van der Waals surface area contributed by atoms with Gasteiger partial charge >= 0.3 is 29.8 Å². The summed E-state index contributed by atoms with van der Waals surface area (Å²) < 4.78 is 28.4. The fourth-order valence-corrected chi connectivity index (χ4v) is 3.52. The Balaban J connectivity index is 0.000000734. The standard InChI is InChI=1S/C12H12O3.C10H12O5.C10H10O4.C10H14O3/c1-9(10(2)13)12(14)15-8-11-6-4-3-5-7-11;1-4-9(12)14-5-6-15-10(13)7(2)8(3)11;1-7(8(2)11)10(12)14-6-9-4-3-5-13-9;1-3-13-10(12)7(2)9(11)8-5-4-6-8/h3-7H,1,8H2,2H3;4H,1-2,5-6H2,3H3;3-5H,1,6H2,2H3;8H,2-6H2,1H3. The zero-order chi connectivity index (χ0) is 43.5.